The molecule has 2 aromatic heterocycles. The smallest absolute Gasteiger partial charge is 0.241 e. The normalized spacial score (nSPS) is 10.8. The van der Waals surface area contributed by atoms with Crippen molar-refractivity contribution in [2.45, 2.75) is 0 Å². The van der Waals surface area contributed by atoms with Gasteiger partial charge in [0.15, 0.2) is 5.65 Å². The van der Waals surface area contributed by atoms with E-state index in [9.17, 15) is 4.39 Å². The number of nitrogens with one attached hydrogen (secondary N) is 3. The summed E-state index contributed by atoms with van der Waals surface area (Å²) in [5.41, 5.74) is 3.38. The quantitative estimate of drug-likeness (QED) is 0.436. The minimum Gasteiger partial charge on any atom is -0.338 e. The van der Waals surface area contributed by atoms with E-state index in [0.29, 0.717) is 22.5 Å². The van der Waals surface area contributed by atoms with Crippen molar-refractivity contribution in [1.82, 2.24) is 20.2 Å². The van der Waals surface area contributed by atoms with Crippen LogP contribution in [0.5, 0.6) is 0 Å². The number of hydrogen-bond donors (Lipinski definition) is 4. The van der Waals surface area contributed by atoms with E-state index in [1.165, 1.54) is 18.2 Å². The summed E-state index contributed by atoms with van der Waals surface area (Å²) in [5, 5.41) is 10.5. The Morgan fingerprint density at radius 3 is 2.90 bits per heavy atom. The van der Waals surface area contributed by atoms with Crippen LogP contribution >= 0.6 is 11.6 Å². The summed E-state index contributed by atoms with van der Waals surface area (Å²) < 4.78 is 13.0. The van der Waals surface area contributed by atoms with Gasteiger partial charge in [0.05, 0.1) is 22.3 Å². The van der Waals surface area contributed by atoms with Crippen molar-refractivity contribution in [2.24, 2.45) is 5.84 Å². The van der Waals surface area contributed by atoms with Gasteiger partial charge in [0.2, 0.25) is 5.95 Å². The van der Waals surface area contributed by atoms with Crippen LogP contribution in [0.1, 0.15) is 0 Å². The Balaban J connectivity index is 2.07. The predicted octanol–water partition coefficient (Wildman–Crippen LogP) is 2.17. The van der Waals surface area contributed by atoms with Gasteiger partial charge in [-0.3, -0.25) is 10.5 Å². The lowest BCUT2D eigenvalue weighted by atomic mass is 10.3. The molecule has 0 saturated heterocycles. The lowest BCUT2D eigenvalue weighted by Gasteiger charge is -2.09. The summed E-state index contributed by atoms with van der Waals surface area (Å²) in [6.07, 6.45) is 1.56. The second-order valence-corrected chi connectivity index (χ2v) is 4.33. The molecule has 102 valence electrons. The van der Waals surface area contributed by atoms with Crippen LogP contribution in [0, 0.1) is 5.82 Å². The van der Waals surface area contributed by atoms with Crippen LogP contribution in [0.4, 0.5) is 21.8 Å². The molecule has 5 N–H and O–H groups in total. The van der Waals surface area contributed by atoms with E-state index in [1.807, 2.05) is 0 Å². The molecule has 3 aromatic rings. The van der Waals surface area contributed by atoms with Gasteiger partial charge in [-0.25, -0.2) is 10.2 Å². The third-order valence-corrected chi connectivity index (χ3v) is 2.94. The third kappa shape index (κ3) is 2.22. The number of hydrazine groups is 1. The van der Waals surface area contributed by atoms with Gasteiger partial charge in [0.25, 0.3) is 0 Å². The number of hydrogen-bond acceptors (Lipinski definition) is 6. The van der Waals surface area contributed by atoms with Crippen LogP contribution in [0.2, 0.25) is 5.02 Å². The molecular weight excluding hydrogens is 285 g/mol. The number of aromatic amines is 1. The fourth-order valence-electron chi connectivity index (χ4n) is 1.71. The minimum absolute atomic E-state index is 0.211. The molecule has 0 unspecified atom stereocenters. The highest BCUT2D eigenvalue weighted by atomic mass is 35.5. The second kappa shape index (κ2) is 4.91. The summed E-state index contributed by atoms with van der Waals surface area (Å²) in [6, 6.07) is 4.02. The maximum atomic E-state index is 13.0. The van der Waals surface area contributed by atoms with Crippen molar-refractivity contribution in [3.8, 4) is 0 Å². The number of anilines is 3. The van der Waals surface area contributed by atoms with Crippen LogP contribution in [0.15, 0.2) is 24.4 Å². The number of benzene rings is 1. The Kier molecular flexibility index (Phi) is 3.09. The monoisotopic (exact) mass is 293 g/mol. The Morgan fingerprint density at radius 2 is 2.15 bits per heavy atom. The van der Waals surface area contributed by atoms with Gasteiger partial charge >= 0.3 is 0 Å². The number of nitrogens with two attached hydrogens (primary N) is 1. The molecule has 0 amide bonds. The Morgan fingerprint density at radius 1 is 1.30 bits per heavy atom. The molecule has 0 aliphatic carbocycles. The zero-order valence-corrected chi connectivity index (χ0v) is 10.7. The molecule has 0 fully saturated rings. The number of fused-ring (bicyclic) bond motifs is 1. The Bertz CT molecular complexity index is 773. The predicted molar refractivity (Wildman–Crippen MR) is 74.2 cm³/mol. The lowest BCUT2D eigenvalue weighted by Crippen LogP contribution is -2.11. The van der Waals surface area contributed by atoms with Crippen LogP contribution in [0.25, 0.3) is 11.0 Å². The van der Waals surface area contributed by atoms with E-state index in [4.69, 9.17) is 17.4 Å². The molecule has 0 aliphatic heterocycles. The van der Waals surface area contributed by atoms with Crippen LogP contribution in [-0.2, 0) is 0 Å². The van der Waals surface area contributed by atoms with E-state index in [2.05, 4.69) is 30.9 Å². The third-order valence-electron chi connectivity index (χ3n) is 2.62. The highest BCUT2D eigenvalue weighted by Crippen LogP contribution is 2.28. The van der Waals surface area contributed by atoms with E-state index in [-0.39, 0.29) is 11.0 Å². The van der Waals surface area contributed by atoms with Crippen LogP contribution in [-0.4, -0.2) is 20.2 Å². The first-order chi connectivity index (χ1) is 9.67. The Hall–Kier alpha value is -2.45. The summed E-state index contributed by atoms with van der Waals surface area (Å²) in [4.78, 5) is 8.27. The summed E-state index contributed by atoms with van der Waals surface area (Å²) >= 11 is 5.97. The second-order valence-electron chi connectivity index (χ2n) is 3.92. The molecule has 0 atom stereocenters. The molecule has 0 saturated carbocycles. The largest absolute Gasteiger partial charge is 0.338 e. The molecule has 0 radical (unpaired) electrons. The highest BCUT2D eigenvalue weighted by molar-refractivity contribution is 6.33. The van der Waals surface area contributed by atoms with Gasteiger partial charge < -0.3 is 5.32 Å². The topological polar surface area (TPSA) is 105 Å². The molecule has 2 heterocycles. The van der Waals surface area contributed by atoms with E-state index in [1.54, 1.807) is 6.20 Å². The molecule has 0 bridgehead atoms. The first-order valence-corrected chi connectivity index (χ1v) is 5.95. The maximum absolute atomic E-state index is 13.0. The van der Waals surface area contributed by atoms with Crippen molar-refractivity contribution in [3.05, 3.63) is 35.2 Å². The van der Waals surface area contributed by atoms with Crippen molar-refractivity contribution in [3.63, 3.8) is 0 Å². The average molecular weight is 294 g/mol. The van der Waals surface area contributed by atoms with Crippen molar-refractivity contribution >= 4 is 40.1 Å². The van der Waals surface area contributed by atoms with Gasteiger partial charge in [-0.15, -0.1) is 0 Å². The number of nitrogens with zero attached hydrogens (tertiary/aromatic N) is 3. The molecule has 7 nitrogen and oxygen atoms in total. The molecular formula is C11H9ClFN7. The molecule has 1 aromatic carbocycles. The van der Waals surface area contributed by atoms with Gasteiger partial charge in [-0.05, 0) is 18.2 Å². The van der Waals surface area contributed by atoms with E-state index in [0.717, 1.165) is 0 Å². The van der Waals surface area contributed by atoms with Crippen molar-refractivity contribution < 1.29 is 4.39 Å². The first kappa shape index (κ1) is 12.6. The molecule has 0 aliphatic rings. The molecule has 20 heavy (non-hydrogen) atoms. The van der Waals surface area contributed by atoms with Crippen LogP contribution in [0.3, 0.4) is 0 Å². The van der Waals surface area contributed by atoms with E-state index >= 15 is 0 Å². The number of aromatic nitrogens is 4. The summed E-state index contributed by atoms with van der Waals surface area (Å²) in [7, 11) is 0. The highest BCUT2D eigenvalue weighted by Gasteiger charge is 2.11. The Labute approximate surface area is 117 Å². The van der Waals surface area contributed by atoms with Gasteiger partial charge in [-0.1, -0.05) is 11.6 Å². The minimum atomic E-state index is -0.416. The lowest BCUT2D eigenvalue weighted by molar-refractivity contribution is 0.628. The molecule has 3 rings (SSSR count). The fraction of sp³-hybridized carbons (Fsp3) is 0. The van der Waals surface area contributed by atoms with E-state index < -0.39 is 5.82 Å². The fourth-order valence-corrected chi connectivity index (χ4v) is 1.93. The van der Waals surface area contributed by atoms with Gasteiger partial charge in [-0.2, -0.15) is 15.1 Å². The van der Waals surface area contributed by atoms with Crippen LogP contribution < -0.4 is 16.6 Å². The number of rotatable bonds is 3. The average Bonchev–Trinajstić information content (AvgIpc) is 2.90. The summed E-state index contributed by atoms with van der Waals surface area (Å²) in [5.74, 6) is 5.55. The van der Waals surface area contributed by atoms with Crippen molar-refractivity contribution in [2.75, 3.05) is 10.7 Å². The number of nitrogen functional groups attached to an aromatic ring is 1. The van der Waals surface area contributed by atoms with Crippen molar-refractivity contribution in [1.29, 1.82) is 0 Å². The number of H-pyrrole nitrogens is 1. The summed E-state index contributed by atoms with van der Waals surface area (Å²) in [6.45, 7) is 0. The SMILES string of the molecule is NNc1nc(Nc2ccc(F)cc2Cl)c2cn[nH]c2n1. The van der Waals surface area contributed by atoms with Gasteiger partial charge in [0, 0.05) is 0 Å². The molecule has 9 heteroatoms. The molecule has 0 spiro atoms. The standard InChI is InChI=1S/C11H9ClFN7/c12-7-3-5(13)1-2-8(7)16-9-6-4-15-20-10(6)18-11(17-9)19-14/h1-4H,14H2,(H3,15,16,17,18,19,20). The van der Waals surface area contributed by atoms with Gasteiger partial charge in [0.1, 0.15) is 11.6 Å². The number of halogens is 2. The zero-order chi connectivity index (χ0) is 14.1. The maximum Gasteiger partial charge on any atom is 0.241 e. The first-order valence-electron chi connectivity index (χ1n) is 5.57. The zero-order valence-electron chi connectivity index (χ0n) is 9.98.